The van der Waals surface area contributed by atoms with Gasteiger partial charge in [-0.15, -0.1) is 0 Å². The highest BCUT2D eigenvalue weighted by molar-refractivity contribution is 5.02. The summed E-state index contributed by atoms with van der Waals surface area (Å²) in [5, 5.41) is 3.16. The van der Waals surface area contributed by atoms with Crippen molar-refractivity contribution in [2.75, 3.05) is 6.54 Å². The van der Waals surface area contributed by atoms with E-state index in [4.69, 9.17) is 0 Å². The van der Waals surface area contributed by atoms with Crippen LogP contribution in [-0.2, 0) is 0 Å². The first-order chi connectivity index (χ1) is 5.26. The van der Waals surface area contributed by atoms with Crippen molar-refractivity contribution in [2.24, 2.45) is 5.41 Å². The number of hydrogen-bond acceptors (Lipinski definition) is 1. The van der Waals surface area contributed by atoms with Gasteiger partial charge in [0.1, 0.15) is 0 Å². The van der Waals surface area contributed by atoms with Crippen molar-refractivity contribution in [2.45, 2.75) is 38.2 Å². The fourth-order valence-corrected chi connectivity index (χ4v) is 2.55. The summed E-state index contributed by atoms with van der Waals surface area (Å²) >= 11 is 0. The predicted molar refractivity (Wildman–Crippen MR) is 38.7 cm³/mol. The van der Waals surface area contributed by atoms with E-state index in [0.717, 1.165) is 25.8 Å². The quantitative estimate of drug-likeness (QED) is 0.618. The Balaban J connectivity index is 2.20. The molecule has 0 aromatic carbocycles. The molecule has 11 heavy (non-hydrogen) atoms. The lowest BCUT2D eigenvalue weighted by Gasteiger charge is -2.27. The zero-order valence-electron chi connectivity index (χ0n) is 6.45. The van der Waals surface area contributed by atoms with Crippen LogP contribution in [0.2, 0.25) is 0 Å². The van der Waals surface area contributed by atoms with E-state index in [9.17, 15) is 8.78 Å². The summed E-state index contributed by atoms with van der Waals surface area (Å²) in [6.07, 6.45) is 1.20. The van der Waals surface area contributed by atoms with E-state index in [2.05, 4.69) is 5.32 Å². The van der Waals surface area contributed by atoms with Crippen LogP contribution in [-0.4, -0.2) is 19.0 Å². The Bertz CT molecular complexity index is 148. The van der Waals surface area contributed by atoms with Gasteiger partial charge in [-0.25, -0.2) is 8.78 Å². The third-order valence-electron chi connectivity index (χ3n) is 3.24. The average Bonchev–Trinajstić information content (AvgIpc) is 2.40. The van der Waals surface area contributed by atoms with Crippen molar-refractivity contribution in [3.8, 4) is 0 Å². The van der Waals surface area contributed by atoms with E-state index in [1.165, 1.54) is 0 Å². The van der Waals surface area contributed by atoms with E-state index in [0.29, 0.717) is 6.42 Å². The number of rotatable bonds is 1. The summed E-state index contributed by atoms with van der Waals surface area (Å²) in [7, 11) is 0. The number of nitrogens with one attached hydrogen (secondary N) is 1. The standard InChI is InChI=1S/C8H13F2N/c9-7(10)8-3-1-2-6(8)11-5-4-8/h6-7,11H,1-5H2. The Labute approximate surface area is 65.2 Å². The minimum absolute atomic E-state index is 0.113. The molecule has 0 aromatic rings. The van der Waals surface area contributed by atoms with Crippen LogP contribution in [0.1, 0.15) is 25.7 Å². The van der Waals surface area contributed by atoms with E-state index < -0.39 is 11.8 Å². The second kappa shape index (κ2) is 2.41. The number of alkyl halides is 2. The molecule has 2 aliphatic rings. The third-order valence-corrected chi connectivity index (χ3v) is 3.24. The van der Waals surface area contributed by atoms with Crippen LogP contribution in [0.4, 0.5) is 8.78 Å². The van der Waals surface area contributed by atoms with Gasteiger partial charge in [-0.2, -0.15) is 0 Å². The normalized spacial score (nSPS) is 43.4. The molecular formula is C8H13F2N. The molecule has 1 heterocycles. The Kier molecular flexibility index (Phi) is 1.63. The van der Waals surface area contributed by atoms with Gasteiger partial charge < -0.3 is 5.32 Å². The molecule has 1 saturated heterocycles. The molecule has 3 heteroatoms. The topological polar surface area (TPSA) is 12.0 Å². The maximum atomic E-state index is 12.6. The summed E-state index contributed by atoms with van der Waals surface area (Å²) < 4.78 is 25.3. The van der Waals surface area contributed by atoms with Crippen LogP contribution in [0.15, 0.2) is 0 Å². The fourth-order valence-electron chi connectivity index (χ4n) is 2.55. The Morgan fingerprint density at radius 1 is 1.36 bits per heavy atom. The summed E-state index contributed by atoms with van der Waals surface area (Å²) in [5.74, 6) is 0. The van der Waals surface area contributed by atoms with Crippen molar-refractivity contribution < 1.29 is 8.78 Å². The molecular weight excluding hydrogens is 148 g/mol. The summed E-state index contributed by atoms with van der Waals surface area (Å²) in [6.45, 7) is 0.787. The molecule has 1 nitrogen and oxygen atoms in total. The van der Waals surface area contributed by atoms with Crippen LogP contribution in [0.3, 0.4) is 0 Å². The first-order valence-electron chi connectivity index (χ1n) is 4.27. The van der Waals surface area contributed by atoms with Crippen LogP contribution in [0, 0.1) is 5.41 Å². The van der Waals surface area contributed by atoms with E-state index >= 15 is 0 Å². The molecule has 0 bridgehead atoms. The van der Waals surface area contributed by atoms with Gasteiger partial charge in [-0.05, 0) is 25.8 Å². The van der Waals surface area contributed by atoms with Gasteiger partial charge in [-0.3, -0.25) is 0 Å². The minimum atomic E-state index is -2.12. The lowest BCUT2D eigenvalue weighted by molar-refractivity contribution is -0.00239. The molecule has 1 saturated carbocycles. The summed E-state index contributed by atoms with van der Waals surface area (Å²) in [4.78, 5) is 0. The Morgan fingerprint density at radius 2 is 2.18 bits per heavy atom. The zero-order chi connectivity index (χ0) is 7.90. The number of halogens is 2. The molecule has 2 fully saturated rings. The molecule has 0 radical (unpaired) electrons. The maximum absolute atomic E-state index is 12.6. The molecule has 64 valence electrons. The molecule has 1 aliphatic heterocycles. The molecule has 2 atom stereocenters. The van der Waals surface area contributed by atoms with Crippen LogP contribution < -0.4 is 5.32 Å². The lowest BCUT2D eigenvalue weighted by atomic mass is 9.83. The van der Waals surface area contributed by atoms with Crippen molar-refractivity contribution in [1.82, 2.24) is 5.32 Å². The second-order valence-electron chi connectivity index (χ2n) is 3.68. The van der Waals surface area contributed by atoms with Crippen molar-refractivity contribution in [3.05, 3.63) is 0 Å². The Hall–Kier alpha value is -0.180. The summed E-state index contributed by atoms with van der Waals surface area (Å²) in [6, 6.07) is 0.113. The SMILES string of the molecule is FC(F)C12CCCC1NCC2. The van der Waals surface area contributed by atoms with Gasteiger partial charge in [0.2, 0.25) is 6.43 Å². The maximum Gasteiger partial charge on any atom is 0.245 e. The van der Waals surface area contributed by atoms with Crippen LogP contribution in [0.5, 0.6) is 0 Å². The molecule has 2 rings (SSSR count). The van der Waals surface area contributed by atoms with Crippen LogP contribution >= 0.6 is 0 Å². The van der Waals surface area contributed by atoms with Crippen molar-refractivity contribution in [1.29, 1.82) is 0 Å². The first-order valence-corrected chi connectivity index (χ1v) is 4.27. The third kappa shape index (κ3) is 0.901. The Morgan fingerprint density at radius 3 is 2.82 bits per heavy atom. The predicted octanol–water partition coefficient (Wildman–Crippen LogP) is 1.78. The largest absolute Gasteiger partial charge is 0.313 e. The van der Waals surface area contributed by atoms with Gasteiger partial charge in [0.05, 0.1) is 0 Å². The van der Waals surface area contributed by atoms with Crippen molar-refractivity contribution in [3.63, 3.8) is 0 Å². The van der Waals surface area contributed by atoms with E-state index in [1.807, 2.05) is 0 Å². The smallest absolute Gasteiger partial charge is 0.245 e. The van der Waals surface area contributed by atoms with Gasteiger partial charge in [0.25, 0.3) is 0 Å². The van der Waals surface area contributed by atoms with Gasteiger partial charge in [0, 0.05) is 11.5 Å². The lowest BCUT2D eigenvalue weighted by Crippen LogP contribution is -2.37. The van der Waals surface area contributed by atoms with Crippen LogP contribution in [0.25, 0.3) is 0 Å². The number of hydrogen-bond donors (Lipinski definition) is 1. The van der Waals surface area contributed by atoms with Gasteiger partial charge >= 0.3 is 0 Å². The zero-order valence-corrected chi connectivity index (χ0v) is 6.45. The monoisotopic (exact) mass is 161 g/mol. The molecule has 0 aromatic heterocycles. The van der Waals surface area contributed by atoms with E-state index in [1.54, 1.807) is 0 Å². The molecule has 2 unspecified atom stereocenters. The van der Waals surface area contributed by atoms with Crippen molar-refractivity contribution >= 4 is 0 Å². The highest BCUT2D eigenvalue weighted by Gasteiger charge is 2.52. The summed E-state index contributed by atoms with van der Waals surface area (Å²) in [5.41, 5.74) is -0.639. The minimum Gasteiger partial charge on any atom is -0.313 e. The molecule has 0 spiro atoms. The second-order valence-corrected chi connectivity index (χ2v) is 3.68. The van der Waals surface area contributed by atoms with Gasteiger partial charge in [-0.1, -0.05) is 6.42 Å². The molecule has 0 amide bonds. The fraction of sp³-hybridized carbons (Fsp3) is 1.00. The van der Waals surface area contributed by atoms with E-state index in [-0.39, 0.29) is 6.04 Å². The highest BCUT2D eigenvalue weighted by atomic mass is 19.3. The molecule has 1 N–H and O–H groups in total. The average molecular weight is 161 g/mol. The number of fused-ring (bicyclic) bond motifs is 1. The highest BCUT2D eigenvalue weighted by Crippen LogP contribution is 2.48. The van der Waals surface area contributed by atoms with Gasteiger partial charge in [0.15, 0.2) is 0 Å². The first kappa shape index (κ1) is 7.47. The molecule has 1 aliphatic carbocycles.